The molecule has 24 heavy (non-hydrogen) atoms. The van der Waals surface area contributed by atoms with Gasteiger partial charge in [-0.05, 0) is 24.3 Å². The summed E-state index contributed by atoms with van der Waals surface area (Å²) in [4.78, 5) is 3.89. The van der Waals surface area contributed by atoms with Crippen LogP contribution in [0.2, 0.25) is 0 Å². The lowest BCUT2D eigenvalue weighted by molar-refractivity contribution is -0.159. The quantitative estimate of drug-likeness (QED) is 0.682. The Bertz CT molecular complexity index is 869. The highest BCUT2D eigenvalue weighted by atomic mass is 19.4. The molecule has 0 bridgehead atoms. The van der Waals surface area contributed by atoms with E-state index in [-0.39, 0.29) is 17.2 Å². The fourth-order valence-electron chi connectivity index (χ4n) is 1.90. The van der Waals surface area contributed by atoms with Gasteiger partial charge in [-0.3, -0.25) is 0 Å². The van der Waals surface area contributed by atoms with Crippen molar-refractivity contribution >= 4 is 5.65 Å². The van der Waals surface area contributed by atoms with Crippen molar-refractivity contribution in [1.29, 1.82) is 0 Å². The second-order valence-electron chi connectivity index (χ2n) is 4.81. The van der Waals surface area contributed by atoms with Crippen molar-refractivity contribution in [2.75, 3.05) is 0 Å². The first kappa shape index (κ1) is 16.0. The number of hydrogen-bond donors (Lipinski definition) is 0. The van der Waals surface area contributed by atoms with Crippen molar-refractivity contribution in [2.45, 2.75) is 19.2 Å². The third-order valence-electron chi connectivity index (χ3n) is 2.82. The SMILES string of the molecule is CC(F)(F)Oc1ccc(-c2ncc3nnc(C(F)(F)F)n3n2)cc1. The first-order chi connectivity index (χ1) is 11.1. The average molecular weight is 345 g/mol. The third kappa shape index (κ3) is 3.24. The number of aromatic nitrogens is 5. The average Bonchev–Trinajstić information content (AvgIpc) is 2.89. The van der Waals surface area contributed by atoms with Crippen LogP contribution in [0.3, 0.4) is 0 Å². The summed E-state index contributed by atoms with van der Waals surface area (Å²) in [5.41, 5.74) is 0.141. The van der Waals surface area contributed by atoms with E-state index in [1.165, 1.54) is 24.3 Å². The maximum atomic E-state index is 12.8. The van der Waals surface area contributed by atoms with Crippen LogP contribution < -0.4 is 4.74 Å². The van der Waals surface area contributed by atoms with Crippen LogP contribution in [-0.4, -0.2) is 30.9 Å². The van der Waals surface area contributed by atoms with Gasteiger partial charge in [-0.1, -0.05) is 0 Å². The van der Waals surface area contributed by atoms with Crippen LogP contribution in [0.1, 0.15) is 12.7 Å². The maximum Gasteiger partial charge on any atom is 0.453 e. The molecular weight excluding hydrogens is 337 g/mol. The second kappa shape index (κ2) is 5.35. The molecule has 0 N–H and O–H groups in total. The van der Waals surface area contributed by atoms with Gasteiger partial charge in [0, 0.05) is 12.5 Å². The zero-order valence-corrected chi connectivity index (χ0v) is 11.9. The number of fused-ring (bicyclic) bond motifs is 1. The van der Waals surface area contributed by atoms with Crippen LogP contribution in [0.5, 0.6) is 5.75 Å². The largest absolute Gasteiger partial charge is 0.453 e. The molecule has 11 heteroatoms. The summed E-state index contributed by atoms with van der Waals surface area (Å²) < 4.78 is 68.9. The lowest BCUT2D eigenvalue weighted by Crippen LogP contribution is -2.18. The van der Waals surface area contributed by atoms with Crippen molar-refractivity contribution in [2.24, 2.45) is 0 Å². The molecule has 2 heterocycles. The van der Waals surface area contributed by atoms with E-state index < -0.39 is 18.1 Å². The molecule has 0 saturated carbocycles. The highest BCUT2D eigenvalue weighted by Crippen LogP contribution is 2.28. The van der Waals surface area contributed by atoms with Gasteiger partial charge in [0.05, 0.1) is 6.20 Å². The van der Waals surface area contributed by atoms with Gasteiger partial charge < -0.3 is 4.74 Å². The molecule has 0 fully saturated rings. The lowest BCUT2D eigenvalue weighted by Gasteiger charge is -2.12. The van der Waals surface area contributed by atoms with Crippen LogP contribution in [0.15, 0.2) is 30.5 Å². The molecule has 6 nitrogen and oxygen atoms in total. The minimum Gasteiger partial charge on any atom is -0.433 e. The monoisotopic (exact) mass is 345 g/mol. The van der Waals surface area contributed by atoms with Crippen molar-refractivity contribution < 1.29 is 26.7 Å². The van der Waals surface area contributed by atoms with Crippen LogP contribution >= 0.6 is 0 Å². The molecular formula is C13H8F5N5O. The normalized spacial score (nSPS) is 12.6. The first-order valence-electron chi connectivity index (χ1n) is 6.46. The summed E-state index contributed by atoms with van der Waals surface area (Å²) in [5, 5.41) is 10.1. The van der Waals surface area contributed by atoms with E-state index >= 15 is 0 Å². The minimum atomic E-state index is -4.73. The summed E-state index contributed by atoms with van der Waals surface area (Å²) in [6, 6.07) is 5.16. The van der Waals surface area contributed by atoms with Gasteiger partial charge in [0.25, 0.3) is 5.82 Å². The van der Waals surface area contributed by atoms with E-state index in [4.69, 9.17) is 0 Å². The summed E-state index contributed by atoms with van der Waals surface area (Å²) in [5.74, 6) is -1.44. The Hall–Kier alpha value is -2.85. The molecule has 0 aliphatic carbocycles. The molecule has 126 valence electrons. The van der Waals surface area contributed by atoms with Gasteiger partial charge in [0.2, 0.25) is 0 Å². The smallest absolute Gasteiger partial charge is 0.433 e. The van der Waals surface area contributed by atoms with Gasteiger partial charge in [-0.15, -0.1) is 15.3 Å². The van der Waals surface area contributed by atoms with E-state index in [1.807, 2.05) is 0 Å². The minimum absolute atomic E-state index is 0.0531. The molecule has 1 aromatic carbocycles. The van der Waals surface area contributed by atoms with E-state index in [9.17, 15) is 22.0 Å². The topological polar surface area (TPSA) is 65.2 Å². The highest BCUT2D eigenvalue weighted by molar-refractivity contribution is 5.56. The molecule has 3 aromatic rings. The fourth-order valence-corrected chi connectivity index (χ4v) is 1.90. The second-order valence-corrected chi connectivity index (χ2v) is 4.81. The van der Waals surface area contributed by atoms with Crippen molar-refractivity contribution in [3.05, 3.63) is 36.3 Å². The van der Waals surface area contributed by atoms with Crippen molar-refractivity contribution in [3.8, 4) is 17.1 Å². The molecule has 0 aliphatic rings. The van der Waals surface area contributed by atoms with E-state index in [1.54, 1.807) is 0 Å². The Morgan fingerprint density at radius 3 is 2.25 bits per heavy atom. The Morgan fingerprint density at radius 2 is 1.67 bits per heavy atom. The molecule has 0 atom stereocenters. The summed E-state index contributed by atoms with van der Waals surface area (Å²) in [6.07, 6.45) is -6.99. The zero-order valence-electron chi connectivity index (χ0n) is 11.9. The molecule has 0 radical (unpaired) electrons. The number of nitrogens with zero attached hydrogens (tertiary/aromatic N) is 5. The molecule has 0 amide bonds. The van der Waals surface area contributed by atoms with Gasteiger partial charge in [0.15, 0.2) is 11.5 Å². The first-order valence-corrected chi connectivity index (χ1v) is 6.46. The molecule has 3 rings (SSSR count). The van der Waals surface area contributed by atoms with Crippen LogP contribution in [-0.2, 0) is 6.18 Å². The molecule has 0 saturated heterocycles. The summed E-state index contributed by atoms with van der Waals surface area (Å²) in [7, 11) is 0. The number of alkyl halides is 5. The highest BCUT2D eigenvalue weighted by Gasteiger charge is 2.37. The van der Waals surface area contributed by atoms with Crippen LogP contribution in [0.25, 0.3) is 17.0 Å². The predicted molar refractivity (Wildman–Crippen MR) is 70.3 cm³/mol. The van der Waals surface area contributed by atoms with Crippen molar-refractivity contribution in [3.63, 3.8) is 0 Å². The maximum absolute atomic E-state index is 12.8. The fraction of sp³-hybridized carbons (Fsp3) is 0.231. The zero-order chi connectivity index (χ0) is 17.5. The van der Waals surface area contributed by atoms with Gasteiger partial charge >= 0.3 is 12.3 Å². The van der Waals surface area contributed by atoms with E-state index in [0.29, 0.717) is 17.0 Å². The van der Waals surface area contributed by atoms with E-state index in [2.05, 4.69) is 25.0 Å². The number of rotatable bonds is 3. The third-order valence-corrected chi connectivity index (χ3v) is 2.82. The molecule has 2 aromatic heterocycles. The summed E-state index contributed by atoms with van der Waals surface area (Å²) in [6.45, 7) is 0.586. The number of hydrogen-bond acceptors (Lipinski definition) is 5. The van der Waals surface area contributed by atoms with Crippen LogP contribution in [0, 0.1) is 0 Å². The number of halogens is 5. The Labute approximate surface area is 130 Å². The van der Waals surface area contributed by atoms with Gasteiger partial charge in [0.1, 0.15) is 5.75 Å². The Morgan fingerprint density at radius 1 is 1.00 bits per heavy atom. The Balaban J connectivity index is 1.97. The lowest BCUT2D eigenvalue weighted by atomic mass is 10.2. The summed E-state index contributed by atoms with van der Waals surface area (Å²) >= 11 is 0. The van der Waals surface area contributed by atoms with Crippen LogP contribution in [0.4, 0.5) is 22.0 Å². The number of benzene rings is 1. The van der Waals surface area contributed by atoms with Crippen molar-refractivity contribution in [1.82, 2.24) is 24.8 Å². The van der Waals surface area contributed by atoms with Gasteiger partial charge in [-0.25, -0.2) is 4.98 Å². The van der Waals surface area contributed by atoms with Gasteiger partial charge in [-0.2, -0.15) is 26.5 Å². The van der Waals surface area contributed by atoms with E-state index in [0.717, 1.165) is 6.20 Å². The standard InChI is InChI=1S/C13H8F5N5O/c1-12(14,15)24-8-4-2-7(3-5-8)10-19-6-9-20-21-11(13(16,17)18)23(9)22-10/h2-6H,1H3. The Kier molecular flexibility index (Phi) is 3.57. The predicted octanol–water partition coefficient (Wildman–Crippen LogP) is 3.20. The molecule has 0 aliphatic heterocycles. The molecule has 0 spiro atoms. The number of ether oxygens (including phenoxy) is 1. The molecule has 0 unspecified atom stereocenters.